The van der Waals surface area contributed by atoms with E-state index in [0.717, 1.165) is 0 Å². The predicted molar refractivity (Wildman–Crippen MR) is 82.9 cm³/mol. The molecule has 2 aromatic heterocycles. The average molecular weight is 326 g/mol. The fourth-order valence-corrected chi connectivity index (χ4v) is 2.72. The lowest BCUT2D eigenvalue weighted by atomic mass is 10.2. The Morgan fingerprint density at radius 3 is 2.45 bits per heavy atom. The Kier molecular flexibility index (Phi) is 5.11. The van der Waals surface area contributed by atoms with Gasteiger partial charge in [0.2, 0.25) is 0 Å². The van der Waals surface area contributed by atoms with E-state index >= 15 is 0 Å². The van der Waals surface area contributed by atoms with Crippen molar-refractivity contribution in [3.63, 3.8) is 0 Å². The fraction of sp³-hybridized carbons (Fsp3) is 0.0769. The Bertz CT molecular complexity index is 642. The second kappa shape index (κ2) is 6.83. The maximum atomic E-state index is 12.1. The number of rotatable bonds is 2. The number of halogens is 2. The van der Waals surface area contributed by atoms with E-state index in [1.165, 1.54) is 30.4 Å². The molecule has 0 spiro atoms. The van der Waals surface area contributed by atoms with Gasteiger partial charge in [-0.2, -0.15) is 0 Å². The van der Waals surface area contributed by atoms with E-state index in [-0.39, 0.29) is 0 Å². The summed E-state index contributed by atoms with van der Waals surface area (Å²) in [5, 5.41) is 1.14. The SMILES string of the molecule is CSC(=NC(=O)c1cccnc1)c1c(Cl)cncc1Cl. The van der Waals surface area contributed by atoms with Gasteiger partial charge in [-0.1, -0.05) is 23.2 Å². The summed E-state index contributed by atoms with van der Waals surface area (Å²) in [6, 6.07) is 3.32. The highest BCUT2D eigenvalue weighted by Crippen LogP contribution is 2.27. The summed E-state index contributed by atoms with van der Waals surface area (Å²) in [6.07, 6.45) is 7.76. The van der Waals surface area contributed by atoms with Crippen LogP contribution in [0.3, 0.4) is 0 Å². The minimum absolute atomic E-state index is 0.351. The largest absolute Gasteiger partial charge is 0.279 e. The molecule has 2 aromatic rings. The highest BCUT2D eigenvalue weighted by atomic mass is 35.5. The van der Waals surface area contributed by atoms with Crippen LogP contribution in [0.15, 0.2) is 41.9 Å². The van der Waals surface area contributed by atoms with Crippen LogP contribution in [-0.2, 0) is 0 Å². The molecule has 0 aliphatic rings. The summed E-state index contributed by atoms with van der Waals surface area (Å²) in [5.74, 6) is -0.397. The lowest BCUT2D eigenvalue weighted by Gasteiger charge is -2.07. The minimum atomic E-state index is -0.397. The highest BCUT2D eigenvalue weighted by molar-refractivity contribution is 8.13. The van der Waals surface area contributed by atoms with Crippen LogP contribution in [0.5, 0.6) is 0 Å². The van der Waals surface area contributed by atoms with Crippen molar-refractivity contribution in [3.05, 3.63) is 58.1 Å². The van der Waals surface area contributed by atoms with Crippen LogP contribution >= 0.6 is 35.0 Å². The molecule has 2 rings (SSSR count). The van der Waals surface area contributed by atoms with Gasteiger partial charge in [-0.25, -0.2) is 4.99 Å². The number of aromatic nitrogens is 2. The molecule has 1 amide bonds. The van der Waals surface area contributed by atoms with Crippen molar-refractivity contribution in [3.8, 4) is 0 Å². The average Bonchev–Trinajstić information content (AvgIpc) is 2.46. The first kappa shape index (κ1) is 15.0. The molecule has 0 atom stereocenters. The van der Waals surface area contributed by atoms with E-state index in [4.69, 9.17) is 23.2 Å². The van der Waals surface area contributed by atoms with E-state index in [1.807, 2.05) is 0 Å². The van der Waals surface area contributed by atoms with Crippen LogP contribution < -0.4 is 0 Å². The second-order valence-corrected chi connectivity index (χ2v) is 5.26. The Labute approximate surface area is 130 Å². The van der Waals surface area contributed by atoms with E-state index in [2.05, 4.69) is 15.0 Å². The highest BCUT2D eigenvalue weighted by Gasteiger charge is 2.15. The van der Waals surface area contributed by atoms with Gasteiger partial charge in [0.15, 0.2) is 0 Å². The van der Waals surface area contributed by atoms with Crippen molar-refractivity contribution in [1.29, 1.82) is 0 Å². The van der Waals surface area contributed by atoms with Gasteiger partial charge in [-0.3, -0.25) is 14.8 Å². The molecular formula is C13H9Cl2N3OS. The van der Waals surface area contributed by atoms with E-state index < -0.39 is 5.91 Å². The molecule has 0 aromatic carbocycles. The molecule has 0 fully saturated rings. The molecule has 0 aliphatic heterocycles. The van der Waals surface area contributed by atoms with Crippen molar-refractivity contribution in [2.24, 2.45) is 4.99 Å². The first-order valence-corrected chi connectivity index (χ1v) is 7.48. The third kappa shape index (κ3) is 3.36. The molecule has 102 valence electrons. The number of hydrogen-bond donors (Lipinski definition) is 0. The predicted octanol–water partition coefficient (Wildman–Crippen LogP) is 3.73. The lowest BCUT2D eigenvalue weighted by molar-refractivity contribution is 0.100. The molecular weight excluding hydrogens is 317 g/mol. The number of hydrogen-bond acceptors (Lipinski definition) is 4. The molecule has 0 bridgehead atoms. The van der Waals surface area contributed by atoms with Crippen molar-refractivity contribution < 1.29 is 4.79 Å². The third-order valence-corrected chi connectivity index (χ3v) is 3.63. The quantitative estimate of drug-likeness (QED) is 0.623. The number of carbonyl (C=O) groups is 1. The van der Waals surface area contributed by atoms with Crippen LogP contribution in [0, 0.1) is 0 Å². The topological polar surface area (TPSA) is 55.2 Å². The van der Waals surface area contributed by atoms with Crippen LogP contribution in [0.1, 0.15) is 15.9 Å². The Hall–Kier alpha value is -1.43. The number of aliphatic imine (C=N–C) groups is 1. The summed E-state index contributed by atoms with van der Waals surface area (Å²) < 4.78 is 0. The molecule has 7 heteroatoms. The Balaban J connectivity index is 2.43. The van der Waals surface area contributed by atoms with E-state index in [9.17, 15) is 4.79 Å². The van der Waals surface area contributed by atoms with Crippen molar-refractivity contribution >= 4 is 45.9 Å². The number of thioether (sulfide) groups is 1. The van der Waals surface area contributed by atoms with Gasteiger partial charge in [0.25, 0.3) is 5.91 Å². The standard InChI is InChI=1S/C13H9Cl2N3OS/c1-20-13(11-9(14)6-17-7-10(11)15)18-12(19)8-3-2-4-16-5-8/h2-7H,1H3. The first-order chi connectivity index (χ1) is 9.63. The molecule has 0 saturated heterocycles. The Morgan fingerprint density at radius 2 is 1.90 bits per heavy atom. The maximum Gasteiger partial charge on any atom is 0.279 e. The van der Waals surface area contributed by atoms with Gasteiger partial charge >= 0.3 is 0 Å². The van der Waals surface area contributed by atoms with Crippen molar-refractivity contribution in [1.82, 2.24) is 9.97 Å². The third-order valence-electron chi connectivity index (χ3n) is 2.37. The smallest absolute Gasteiger partial charge is 0.267 e. The summed E-state index contributed by atoms with van der Waals surface area (Å²) in [7, 11) is 0. The summed E-state index contributed by atoms with van der Waals surface area (Å²) in [6.45, 7) is 0. The zero-order chi connectivity index (χ0) is 14.5. The van der Waals surface area contributed by atoms with Gasteiger partial charge in [0.1, 0.15) is 5.04 Å². The van der Waals surface area contributed by atoms with Crippen LogP contribution in [0.2, 0.25) is 10.0 Å². The van der Waals surface area contributed by atoms with Crippen molar-refractivity contribution in [2.75, 3.05) is 6.26 Å². The van der Waals surface area contributed by atoms with Gasteiger partial charge < -0.3 is 0 Å². The second-order valence-electron chi connectivity index (χ2n) is 3.65. The number of amides is 1. The summed E-state index contributed by atoms with van der Waals surface area (Å²) in [5.41, 5.74) is 0.911. The maximum absolute atomic E-state index is 12.1. The fourth-order valence-electron chi connectivity index (χ4n) is 1.47. The molecule has 0 unspecified atom stereocenters. The molecule has 0 aliphatic carbocycles. The summed E-state index contributed by atoms with van der Waals surface area (Å²) >= 11 is 13.4. The Morgan fingerprint density at radius 1 is 1.20 bits per heavy atom. The number of pyridine rings is 2. The van der Waals surface area contributed by atoms with Crippen LogP contribution in [0.25, 0.3) is 0 Å². The normalized spacial score (nSPS) is 11.4. The zero-order valence-corrected chi connectivity index (χ0v) is 12.7. The summed E-state index contributed by atoms with van der Waals surface area (Å²) in [4.78, 5) is 23.9. The number of nitrogens with zero attached hydrogens (tertiary/aromatic N) is 3. The molecule has 0 radical (unpaired) electrons. The molecule has 20 heavy (non-hydrogen) atoms. The lowest BCUT2D eigenvalue weighted by Crippen LogP contribution is -2.04. The molecule has 2 heterocycles. The van der Waals surface area contributed by atoms with Gasteiger partial charge in [-0.05, 0) is 18.4 Å². The molecule has 4 nitrogen and oxygen atoms in total. The molecule has 0 saturated carbocycles. The molecule has 0 N–H and O–H groups in total. The zero-order valence-electron chi connectivity index (χ0n) is 10.4. The van der Waals surface area contributed by atoms with Crippen molar-refractivity contribution in [2.45, 2.75) is 0 Å². The monoisotopic (exact) mass is 325 g/mol. The minimum Gasteiger partial charge on any atom is -0.267 e. The van der Waals surface area contributed by atoms with E-state index in [1.54, 1.807) is 24.6 Å². The van der Waals surface area contributed by atoms with Crippen LogP contribution in [0.4, 0.5) is 0 Å². The van der Waals surface area contributed by atoms with Gasteiger partial charge in [0, 0.05) is 30.4 Å². The first-order valence-electron chi connectivity index (χ1n) is 5.50. The van der Waals surface area contributed by atoms with Gasteiger partial charge in [-0.15, -0.1) is 11.8 Å². The van der Waals surface area contributed by atoms with E-state index in [0.29, 0.717) is 26.2 Å². The van der Waals surface area contributed by atoms with Crippen LogP contribution in [-0.4, -0.2) is 27.2 Å². The van der Waals surface area contributed by atoms with Gasteiger partial charge in [0.05, 0.1) is 15.6 Å². The number of carbonyl (C=O) groups excluding carboxylic acids is 1.